The van der Waals surface area contributed by atoms with Crippen LogP contribution in [0.2, 0.25) is 0 Å². The number of methoxy groups -OCH3 is 1. The summed E-state index contributed by atoms with van der Waals surface area (Å²) in [5.74, 6) is 5.44. The Morgan fingerprint density at radius 3 is 2.44 bits per heavy atom. The van der Waals surface area contributed by atoms with Crippen molar-refractivity contribution in [3.8, 4) is 11.5 Å². The van der Waals surface area contributed by atoms with E-state index >= 15 is 0 Å². The number of carbonyl (C=O) groups is 1. The molecule has 3 N–H and O–H groups in total. The van der Waals surface area contributed by atoms with Crippen LogP contribution >= 0.6 is 15.9 Å². The molecule has 0 amide bonds. The molecule has 2 aromatic rings. The molecule has 0 radical (unpaired) electrons. The van der Waals surface area contributed by atoms with Crippen molar-refractivity contribution in [1.29, 1.82) is 0 Å². The number of hydrogen-bond donors (Lipinski definition) is 2. The molecule has 0 bridgehead atoms. The minimum atomic E-state index is -0.973. The predicted molar refractivity (Wildman–Crippen MR) is 109 cm³/mol. The van der Waals surface area contributed by atoms with E-state index < -0.39 is 5.97 Å². The molecule has 0 saturated carbocycles. The Bertz CT molecular complexity index is 749. The van der Waals surface area contributed by atoms with Gasteiger partial charge in [0.05, 0.1) is 13.3 Å². The Hall–Kier alpha value is -2.58. The highest BCUT2D eigenvalue weighted by atomic mass is 79.9. The van der Waals surface area contributed by atoms with Crippen molar-refractivity contribution in [3.63, 3.8) is 0 Å². The number of carboxylic acids is 1. The fourth-order valence-corrected chi connectivity index (χ4v) is 2.48. The zero-order chi connectivity index (χ0) is 20.2. The first-order valence-corrected chi connectivity index (χ1v) is 8.80. The standard InChI is InChI=1S/C11H14BrNO3.C8H10N2O/c1-13(2)6-8-5-9(12)3-4-10(8)16-7-11(14)15;1-11-8-4-2-7(3-5-8)6-10-9/h3-5H,6-7H2,1-2H3,(H,14,15);2-6H,9H2,1H3/b;10-6+. The number of nitrogens with two attached hydrogens (primary N) is 1. The van der Waals surface area contributed by atoms with E-state index in [2.05, 4.69) is 21.0 Å². The number of hydrogen-bond acceptors (Lipinski definition) is 6. The number of rotatable bonds is 7. The summed E-state index contributed by atoms with van der Waals surface area (Å²) < 4.78 is 11.1. The van der Waals surface area contributed by atoms with Crippen molar-refractivity contribution in [1.82, 2.24) is 4.90 Å². The fourth-order valence-electron chi connectivity index (χ4n) is 2.07. The van der Waals surface area contributed by atoms with Gasteiger partial charge < -0.3 is 25.3 Å². The zero-order valence-corrected chi connectivity index (χ0v) is 17.1. The van der Waals surface area contributed by atoms with E-state index in [4.69, 9.17) is 20.4 Å². The zero-order valence-electron chi connectivity index (χ0n) is 15.6. The number of benzene rings is 2. The summed E-state index contributed by atoms with van der Waals surface area (Å²) in [5, 5.41) is 12.0. The molecule has 0 atom stereocenters. The minimum absolute atomic E-state index is 0.317. The number of nitrogens with zero attached hydrogens (tertiary/aromatic N) is 2. The second kappa shape index (κ2) is 11.9. The van der Waals surface area contributed by atoms with E-state index in [-0.39, 0.29) is 6.61 Å². The fraction of sp³-hybridized carbons (Fsp3) is 0.263. The van der Waals surface area contributed by atoms with Gasteiger partial charge in [-0.25, -0.2) is 4.79 Å². The maximum atomic E-state index is 10.4. The lowest BCUT2D eigenvalue weighted by atomic mass is 10.2. The molecule has 8 heteroatoms. The van der Waals surface area contributed by atoms with E-state index in [1.165, 1.54) is 0 Å². The molecular formula is C19H24BrN3O4. The quantitative estimate of drug-likeness (QED) is 0.392. The highest BCUT2D eigenvalue weighted by Crippen LogP contribution is 2.24. The summed E-state index contributed by atoms with van der Waals surface area (Å²) in [5.41, 5.74) is 1.92. The van der Waals surface area contributed by atoms with Gasteiger partial charge in [0.25, 0.3) is 0 Å². The lowest BCUT2D eigenvalue weighted by Crippen LogP contribution is -2.14. The lowest BCUT2D eigenvalue weighted by molar-refractivity contribution is -0.139. The third kappa shape index (κ3) is 9.07. The summed E-state index contributed by atoms with van der Waals surface area (Å²) >= 11 is 3.38. The highest BCUT2D eigenvalue weighted by molar-refractivity contribution is 9.10. The molecule has 27 heavy (non-hydrogen) atoms. The van der Waals surface area contributed by atoms with Gasteiger partial charge in [-0.3, -0.25) is 0 Å². The smallest absolute Gasteiger partial charge is 0.341 e. The molecule has 0 fully saturated rings. The van der Waals surface area contributed by atoms with Gasteiger partial charge in [-0.2, -0.15) is 5.10 Å². The third-order valence-electron chi connectivity index (χ3n) is 3.20. The van der Waals surface area contributed by atoms with Crippen LogP contribution < -0.4 is 15.3 Å². The van der Waals surface area contributed by atoms with E-state index in [0.29, 0.717) is 12.3 Å². The Morgan fingerprint density at radius 2 is 1.93 bits per heavy atom. The molecule has 0 aromatic heterocycles. The van der Waals surface area contributed by atoms with E-state index in [1.807, 2.05) is 55.4 Å². The Balaban J connectivity index is 0.000000289. The largest absolute Gasteiger partial charge is 0.497 e. The SMILES string of the molecule is CN(C)Cc1cc(Br)ccc1OCC(=O)O.COc1ccc(/C=N/N)cc1. The van der Waals surface area contributed by atoms with Gasteiger partial charge >= 0.3 is 5.97 Å². The lowest BCUT2D eigenvalue weighted by Gasteiger charge is -2.14. The van der Waals surface area contributed by atoms with Crippen molar-refractivity contribution < 1.29 is 19.4 Å². The molecule has 0 heterocycles. The van der Waals surface area contributed by atoms with Gasteiger partial charge in [-0.05, 0) is 62.1 Å². The van der Waals surface area contributed by atoms with Crippen LogP contribution in [-0.4, -0.2) is 50.0 Å². The summed E-state index contributed by atoms with van der Waals surface area (Å²) in [6.07, 6.45) is 1.58. The Labute approximate surface area is 167 Å². The third-order valence-corrected chi connectivity index (χ3v) is 3.69. The van der Waals surface area contributed by atoms with Gasteiger partial charge in [0, 0.05) is 16.6 Å². The molecule has 0 aliphatic carbocycles. The molecule has 0 saturated heterocycles. The molecule has 2 rings (SSSR count). The van der Waals surface area contributed by atoms with Gasteiger partial charge in [-0.15, -0.1) is 0 Å². The molecule has 146 valence electrons. The average molecular weight is 438 g/mol. The van der Waals surface area contributed by atoms with Gasteiger partial charge in [0.1, 0.15) is 11.5 Å². The van der Waals surface area contributed by atoms with E-state index in [9.17, 15) is 4.79 Å². The van der Waals surface area contributed by atoms with E-state index in [0.717, 1.165) is 21.3 Å². The molecule has 2 aromatic carbocycles. The monoisotopic (exact) mass is 437 g/mol. The highest BCUT2D eigenvalue weighted by Gasteiger charge is 2.07. The van der Waals surface area contributed by atoms with Gasteiger partial charge in [0.2, 0.25) is 0 Å². The van der Waals surface area contributed by atoms with Crippen LogP contribution in [0.15, 0.2) is 52.0 Å². The normalized spacial score (nSPS) is 10.4. The van der Waals surface area contributed by atoms with Crippen LogP contribution in [0, 0.1) is 0 Å². The van der Waals surface area contributed by atoms with Crippen LogP contribution in [0.3, 0.4) is 0 Å². The molecule has 7 nitrogen and oxygen atoms in total. The first kappa shape index (κ1) is 22.5. The second-order valence-electron chi connectivity index (χ2n) is 5.72. The molecule has 0 aliphatic heterocycles. The van der Waals surface area contributed by atoms with Gasteiger partial charge in [-0.1, -0.05) is 15.9 Å². The predicted octanol–water partition coefficient (Wildman–Crippen LogP) is 2.96. The van der Waals surface area contributed by atoms with Crippen LogP contribution in [0.5, 0.6) is 11.5 Å². The van der Waals surface area contributed by atoms with Crippen LogP contribution in [0.4, 0.5) is 0 Å². The Morgan fingerprint density at radius 1 is 1.26 bits per heavy atom. The maximum Gasteiger partial charge on any atom is 0.341 e. The summed E-state index contributed by atoms with van der Waals surface area (Å²) in [7, 11) is 5.52. The molecule has 0 unspecified atom stereocenters. The van der Waals surface area contributed by atoms with Crippen LogP contribution in [-0.2, 0) is 11.3 Å². The molecule has 0 spiro atoms. The molecular weight excluding hydrogens is 414 g/mol. The number of carboxylic acid groups (broad SMARTS) is 1. The summed E-state index contributed by atoms with van der Waals surface area (Å²) in [4.78, 5) is 12.4. The van der Waals surface area contributed by atoms with Gasteiger partial charge in [0.15, 0.2) is 6.61 Å². The van der Waals surface area contributed by atoms with Crippen molar-refractivity contribution in [3.05, 3.63) is 58.1 Å². The molecule has 0 aliphatic rings. The topological polar surface area (TPSA) is 97.4 Å². The van der Waals surface area contributed by atoms with Crippen molar-refractivity contribution in [2.75, 3.05) is 27.8 Å². The maximum absolute atomic E-state index is 10.4. The number of aliphatic carboxylic acids is 1. The Kier molecular flexibility index (Phi) is 9.92. The van der Waals surface area contributed by atoms with Crippen molar-refractivity contribution >= 4 is 28.1 Å². The minimum Gasteiger partial charge on any atom is -0.497 e. The first-order chi connectivity index (χ1) is 12.8. The van der Waals surface area contributed by atoms with Crippen molar-refractivity contribution in [2.24, 2.45) is 10.9 Å². The second-order valence-corrected chi connectivity index (χ2v) is 6.64. The van der Waals surface area contributed by atoms with Crippen LogP contribution in [0.1, 0.15) is 11.1 Å². The average Bonchev–Trinajstić information content (AvgIpc) is 2.62. The van der Waals surface area contributed by atoms with Crippen LogP contribution in [0.25, 0.3) is 0 Å². The number of hydrazone groups is 1. The van der Waals surface area contributed by atoms with Crippen molar-refractivity contribution in [2.45, 2.75) is 6.54 Å². The number of halogens is 1. The summed E-state index contributed by atoms with van der Waals surface area (Å²) in [6, 6.07) is 13.0. The summed E-state index contributed by atoms with van der Waals surface area (Å²) in [6.45, 7) is 0.385. The first-order valence-electron chi connectivity index (χ1n) is 8.00. The van der Waals surface area contributed by atoms with E-state index in [1.54, 1.807) is 19.4 Å². The number of ether oxygens (including phenoxy) is 2.